The van der Waals surface area contributed by atoms with Crippen LogP contribution in [0.1, 0.15) is 78.2 Å². The van der Waals surface area contributed by atoms with Crippen molar-refractivity contribution in [3.8, 4) is 5.69 Å². The zero-order valence-corrected chi connectivity index (χ0v) is 20.6. The molecule has 2 fully saturated rings. The lowest BCUT2D eigenvalue weighted by atomic mass is 9.84. The molecule has 0 radical (unpaired) electrons. The molecule has 3 aromatic rings. The predicted molar refractivity (Wildman–Crippen MR) is 139 cm³/mol. The fourth-order valence-electron chi connectivity index (χ4n) is 5.50. The van der Waals surface area contributed by atoms with Crippen LogP contribution in [-0.4, -0.2) is 44.5 Å². The van der Waals surface area contributed by atoms with E-state index in [2.05, 4.69) is 38.4 Å². The zero-order chi connectivity index (χ0) is 24.2. The number of nitrogens with two attached hydrogens (primary N) is 1. The summed E-state index contributed by atoms with van der Waals surface area (Å²) < 4.78 is 2.00. The van der Waals surface area contributed by atoms with Gasteiger partial charge in [-0.25, -0.2) is 4.98 Å². The minimum Gasteiger partial charge on any atom is -0.327 e. The van der Waals surface area contributed by atoms with Crippen molar-refractivity contribution in [2.24, 2.45) is 5.73 Å². The van der Waals surface area contributed by atoms with Crippen LogP contribution in [0.5, 0.6) is 0 Å². The van der Waals surface area contributed by atoms with Crippen LogP contribution < -0.4 is 11.1 Å². The number of aryl methyl sites for hydroxylation is 1. The third-order valence-electron chi connectivity index (χ3n) is 7.29. The van der Waals surface area contributed by atoms with Crippen molar-refractivity contribution in [2.45, 2.75) is 70.4 Å². The second-order valence-corrected chi connectivity index (χ2v) is 10.2. The summed E-state index contributed by atoms with van der Waals surface area (Å²) in [6.07, 6.45) is 14.0. The molecule has 1 saturated carbocycles. The Morgan fingerprint density at radius 1 is 1.09 bits per heavy atom. The molecule has 2 aliphatic rings. The van der Waals surface area contributed by atoms with Crippen molar-refractivity contribution in [2.75, 3.05) is 18.4 Å². The minimum absolute atomic E-state index is 0.174. The van der Waals surface area contributed by atoms with Crippen molar-refractivity contribution < 1.29 is 4.79 Å². The van der Waals surface area contributed by atoms with Gasteiger partial charge in [0.05, 0.1) is 12.0 Å². The molecular weight excluding hydrogens is 436 g/mol. The maximum Gasteiger partial charge on any atom is 0.274 e. The van der Waals surface area contributed by atoms with Gasteiger partial charge in [-0.15, -0.1) is 0 Å². The Hall–Kier alpha value is -3.03. The summed E-state index contributed by atoms with van der Waals surface area (Å²) in [7, 11) is 0. The summed E-state index contributed by atoms with van der Waals surface area (Å²) in [6, 6.07) is 10.5. The Morgan fingerprint density at radius 2 is 1.94 bits per heavy atom. The molecule has 3 heterocycles. The van der Waals surface area contributed by atoms with Gasteiger partial charge in [0, 0.05) is 42.9 Å². The number of amides is 1. The van der Waals surface area contributed by atoms with Crippen LogP contribution in [0.3, 0.4) is 0 Å². The highest BCUT2D eigenvalue weighted by molar-refractivity contribution is 6.03. The topological polar surface area (TPSA) is 89.1 Å². The molecule has 3 N–H and O–H groups in total. The first-order valence-electron chi connectivity index (χ1n) is 12.9. The summed E-state index contributed by atoms with van der Waals surface area (Å²) in [5, 5.41) is 3.11. The third-order valence-corrected chi connectivity index (χ3v) is 7.29. The lowest BCUT2D eigenvalue weighted by Gasteiger charge is -2.30. The van der Waals surface area contributed by atoms with Crippen LogP contribution in [0.25, 0.3) is 5.69 Å². The second-order valence-electron chi connectivity index (χ2n) is 10.2. The van der Waals surface area contributed by atoms with E-state index in [9.17, 15) is 4.79 Å². The highest BCUT2D eigenvalue weighted by Gasteiger charge is 2.19. The molecule has 184 valence electrons. The average Bonchev–Trinajstić information content (AvgIpc) is 3.31. The van der Waals surface area contributed by atoms with Crippen molar-refractivity contribution in [3.05, 3.63) is 71.6 Å². The Morgan fingerprint density at radius 3 is 2.71 bits per heavy atom. The van der Waals surface area contributed by atoms with Gasteiger partial charge in [-0.2, -0.15) is 0 Å². The predicted octanol–water partition coefficient (Wildman–Crippen LogP) is 4.80. The fraction of sp³-hybridized carbons (Fsp3) is 0.464. The number of pyridine rings is 1. The van der Waals surface area contributed by atoms with Gasteiger partial charge in [0.1, 0.15) is 5.69 Å². The number of aromatic nitrogens is 3. The summed E-state index contributed by atoms with van der Waals surface area (Å²) in [5.74, 6) is 0.362. The molecule has 0 spiro atoms. The Kier molecular flexibility index (Phi) is 7.25. The quantitative estimate of drug-likeness (QED) is 0.538. The van der Waals surface area contributed by atoms with E-state index in [0.717, 1.165) is 55.1 Å². The highest BCUT2D eigenvalue weighted by Crippen LogP contribution is 2.32. The number of anilines is 1. The number of imidazole rings is 1. The average molecular weight is 473 g/mol. The van der Waals surface area contributed by atoms with Crippen LogP contribution in [0.2, 0.25) is 0 Å². The molecule has 1 aliphatic heterocycles. The minimum atomic E-state index is -0.174. The standard InChI is InChI=1S/C28H36N6O/c1-20-16-34(19-31-20)26-13-21(17-33-11-5-8-24(29)18-33)12-25(15-26)32-28(35)27-14-23(9-10-30-27)22-6-3-2-4-7-22/h9-10,12-16,19,22,24H,2-8,11,17-18,29H2,1H3,(H,32,35)/t24-/m0/s1. The number of carbonyl (C=O) groups excluding carboxylic acids is 1. The van der Waals surface area contributed by atoms with E-state index in [1.807, 2.05) is 36.1 Å². The first-order chi connectivity index (χ1) is 17.0. The molecule has 7 nitrogen and oxygen atoms in total. The van der Waals surface area contributed by atoms with E-state index >= 15 is 0 Å². The molecule has 7 heteroatoms. The van der Waals surface area contributed by atoms with Gasteiger partial charge in [0.2, 0.25) is 0 Å². The molecule has 0 bridgehead atoms. The van der Waals surface area contributed by atoms with E-state index in [-0.39, 0.29) is 11.9 Å². The molecule has 1 aliphatic carbocycles. The largest absolute Gasteiger partial charge is 0.327 e. The Balaban J connectivity index is 1.38. The second kappa shape index (κ2) is 10.7. The molecule has 5 rings (SSSR count). The van der Waals surface area contributed by atoms with Crippen LogP contribution in [0.4, 0.5) is 5.69 Å². The monoisotopic (exact) mass is 472 g/mol. The van der Waals surface area contributed by atoms with Crippen LogP contribution in [0, 0.1) is 6.92 Å². The maximum absolute atomic E-state index is 13.2. The van der Waals surface area contributed by atoms with Gasteiger partial charge in [-0.1, -0.05) is 19.3 Å². The lowest BCUT2D eigenvalue weighted by Crippen LogP contribution is -2.42. The number of nitrogens with zero attached hydrogens (tertiary/aromatic N) is 4. The first kappa shape index (κ1) is 23.7. The van der Waals surface area contributed by atoms with E-state index in [0.29, 0.717) is 11.6 Å². The van der Waals surface area contributed by atoms with Gasteiger partial charge < -0.3 is 15.6 Å². The zero-order valence-electron chi connectivity index (χ0n) is 20.6. The SMILES string of the molecule is Cc1cn(-c2cc(CN3CCC[C@H](N)C3)cc(NC(=O)c3cc(C4CCCCC4)ccn3)c2)cn1. The van der Waals surface area contributed by atoms with Crippen LogP contribution >= 0.6 is 0 Å². The lowest BCUT2D eigenvalue weighted by molar-refractivity contribution is 0.102. The van der Waals surface area contributed by atoms with Crippen molar-refractivity contribution in [1.82, 2.24) is 19.4 Å². The molecule has 35 heavy (non-hydrogen) atoms. The number of carbonyl (C=O) groups is 1. The molecule has 1 atom stereocenters. The number of piperidine rings is 1. The molecule has 1 saturated heterocycles. The normalized spacial score (nSPS) is 19.5. The fourth-order valence-corrected chi connectivity index (χ4v) is 5.50. The van der Waals surface area contributed by atoms with E-state index in [4.69, 9.17) is 5.73 Å². The number of likely N-dealkylation sites (tertiary alicyclic amines) is 1. The number of hydrogen-bond acceptors (Lipinski definition) is 5. The van der Waals surface area contributed by atoms with Gasteiger partial charge >= 0.3 is 0 Å². The smallest absolute Gasteiger partial charge is 0.274 e. The van der Waals surface area contributed by atoms with Crippen molar-refractivity contribution >= 4 is 11.6 Å². The third kappa shape index (κ3) is 5.97. The van der Waals surface area contributed by atoms with Crippen LogP contribution in [-0.2, 0) is 6.54 Å². The summed E-state index contributed by atoms with van der Waals surface area (Å²) in [6.45, 7) is 4.71. The van der Waals surface area contributed by atoms with E-state index in [1.54, 1.807) is 6.20 Å². The van der Waals surface area contributed by atoms with Gasteiger partial charge in [0.15, 0.2) is 0 Å². The molecule has 1 amide bonds. The number of hydrogen-bond donors (Lipinski definition) is 2. The molecular formula is C28H36N6O. The first-order valence-corrected chi connectivity index (χ1v) is 12.9. The summed E-state index contributed by atoms with van der Waals surface area (Å²) in [5.41, 5.74) is 11.7. The maximum atomic E-state index is 13.2. The van der Waals surface area contributed by atoms with Gasteiger partial charge in [-0.05, 0) is 86.5 Å². The molecule has 2 aromatic heterocycles. The molecule has 1 aromatic carbocycles. The van der Waals surface area contributed by atoms with Crippen LogP contribution in [0.15, 0.2) is 49.1 Å². The number of rotatable bonds is 6. The highest BCUT2D eigenvalue weighted by atomic mass is 16.1. The summed E-state index contributed by atoms with van der Waals surface area (Å²) >= 11 is 0. The number of benzene rings is 1. The number of nitrogens with one attached hydrogen (secondary N) is 1. The van der Waals surface area contributed by atoms with Gasteiger partial charge in [0.25, 0.3) is 5.91 Å². The van der Waals surface area contributed by atoms with Crippen molar-refractivity contribution in [3.63, 3.8) is 0 Å². The molecule has 0 unspecified atom stereocenters. The summed E-state index contributed by atoms with van der Waals surface area (Å²) in [4.78, 5) is 24.4. The Labute approximate surface area is 207 Å². The van der Waals surface area contributed by atoms with Crippen molar-refractivity contribution in [1.29, 1.82) is 0 Å². The van der Waals surface area contributed by atoms with E-state index < -0.39 is 0 Å². The Bertz CT molecular complexity index is 1170. The van der Waals surface area contributed by atoms with E-state index in [1.165, 1.54) is 37.7 Å². The van der Waals surface area contributed by atoms with Gasteiger partial charge in [-0.3, -0.25) is 14.7 Å².